The van der Waals surface area contributed by atoms with Gasteiger partial charge >= 0.3 is 6.36 Å². The van der Waals surface area contributed by atoms with Crippen molar-refractivity contribution in [2.75, 3.05) is 5.01 Å². The van der Waals surface area contributed by atoms with Gasteiger partial charge in [0.2, 0.25) is 0 Å². The number of hydrazine groups is 1. The lowest BCUT2D eigenvalue weighted by Gasteiger charge is -2.23. The van der Waals surface area contributed by atoms with Crippen molar-refractivity contribution in [1.29, 1.82) is 0 Å². The zero-order valence-corrected chi connectivity index (χ0v) is 21.4. The number of anilines is 1. The smallest absolute Gasteiger partial charge is 0.406 e. The maximum absolute atomic E-state index is 12.4. The van der Waals surface area contributed by atoms with E-state index in [-0.39, 0.29) is 5.75 Å². The summed E-state index contributed by atoms with van der Waals surface area (Å²) in [7, 11) is 0. The van der Waals surface area contributed by atoms with Gasteiger partial charge in [-0.05, 0) is 53.8 Å². The molecule has 0 saturated carbocycles. The SMILES string of the molecule is CCC(C)c1ccccc1N(C=S)N/N=C/c1ccc(-c2ncn(-c3ccc(OC(F)(F)F)cc3)n2)cc1. The molecule has 0 radical (unpaired) electrons. The molecule has 4 rings (SSSR count). The second-order valence-corrected chi connectivity index (χ2v) is 8.59. The second-order valence-electron chi connectivity index (χ2n) is 8.38. The first-order valence-corrected chi connectivity index (χ1v) is 12.2. The van der Waals surface area contributed by atoms with Crippen molar-refractivity contribution >= 4 is 29.6 Å². The Morgan fingerprint density at radius 1 is 1.08 bits per heavy atom. The van der Waals surface area contributed by atoms with Crippen LogP contribution in [0.1, 0.15) is 37.3 Å². The van der Waals surface area contributed by atoms with Gasteiger partial charge in [0.15, 0.2) is 5.82 Å². The molecule has 1 aromatic heterocycles. The van der Waals surface area contributed by atoms with E-state index in [1.54, 1.807) is 11.2 Å². The summed E-state index contributed by atoms with van der Waals surface area (Å²) in [5.74, 6) is 0.541. The molecule has 0 amide bonds. The van der Waals surface area contributed by atoms with Crippen LogP contribution >= 0.6 is 12.2 Å². The normalized spacial score (nSPS) is 12.3. The van der Waals surface area contributed by atoms with Crippen LogP contribution in [0.3, 0.4) is 0 Å². The molecule has 7 nitrogen and oxygen atoms in total. The molecule has 0 saturated heterocycles. The van der Waals surface area contributed by atoms with Crippen molar-refractivity contribution in [3.8, 4) is 22.8 Å². The molecule has 0 fully saturated rings. The van der Waals surface area contributed by atoms with Crippen molar-refractivity contribution < 1.29 is 17.9 Å². The number of nitrogens with one attached hydrogen (secondary N) is 1. The summed E-state index contributed by atoms with van der Waals surface area (Å²) in [5.41, 5.74) is 8.80. The first-order valence-electron chi connectivity index (χ1n) is 11.8. The first-order chi connectivity index (χ1) is 18.3. The fraction of sp³-hybridized carbons (Fsp3) is 0.185. The Morgan fingerprint density at radius 3 is 2.45 bits per heavy atom. The number of rotatable bonds is 10. The number of benzene rings is 3. The van der Waals surface area contributed by atoms with Gasteiger partial charge in [0.1, 0.15) is 12.1 Å². The van der Waals surface area contributed by atoms with E-state index in [1.165, 1.54) is 46.3 Å². The van der Waals surface area contributed by atoms with Gasteiger partial charge in [-0.15, -0.1) is 18.3 Å². The topological polar surface area (TPSA) is 67.6 Å². The minimum Gasteiger partial charge on any atom is -0.406 e. The quantitative estimate of drug-likeness (QED) is 0.139. The number of hydrogen-bond acceptors (Lipinski definition) is 6. The van der Waals surface area contributed by atoms with E-state index in [4.69, 9.17) is 12.2 Å². The van der Waals surface area contributed by atoms with Gasteiger partial charge < -0.3 is 4.74 Å². The minimum atomic E-state index is -4.74. The molecule has 3 aromatic carbocycles. The largest absolute Gasteiger partial charge is 0.573 e. The third-order valence-electron chi connectivity index (χ3n) is 5.82. The van der Waals surface area contributed by atoms with Crippen molar-refractivity contribution in [2.24, 2.45) is 5.10 Å². The molecule has 0 spiro atoms. The molecule has 1 heterocycles. The van der Waals surface area contributed by atoms with Crippen molar-refractivity contribution in [1.82, 2.24) is 20.3 Å². The number of para-hydroxylation sites is 1. The second kappa shape index (κ2) is 11.9. The van der Waals surface area contributed by atoms with E-state index < -0.39 is 6.36 Å². The van der Waals surface area contributed by atoms with Crippen molar-refractivity contribution in [2.45, 2.75) is 32.5 Å². The summed E-state index contributed by atoms with van der Waals surface area (Å²) in [6.45, 7) is 4.32. The predicted molar refractivity (Wildman–Crippen MR) is 145 cm³/mol. The number of hydrogen-bond donors (Lipinski definition) is 1. The summed E-state index contributed by atoms with van der Waals surface area (Å²) in [5, 5.41) is 10.5. The average Bonchev–Trinajstić information content (AvgIpc) is 3.41. The van der Waals surface area contributed by atoms with Crippen molar-refractivity contribution in [3.05, 3.63) is 90.3 Å². The van der Waals surface area contributed by atoms with Crippen LogP contribution < -0.4 is 15.3 Å². The van der Waals surface area contributed by atoms with Crippen LogP contribution in [0.4, 0.5) is 18.9 Å². The highest BCUT2D eigenvalue weighted by atomic mass is 32.1. The molecule has 1 atom stereocenters. The van der Waals surface area contributed by atoms with Gasteiger partial charge in [-0.1, -0.05) is 68.5 Å². The maximum Gasteiger partial charge on any atom is 0.573 e. The Labute approximate surface area is 223 Å². The van der Waals surface area contributed by atoms with Crippen LogP contribution in [0.15, 0.2) is 84.2 Å². The van der Waals surface area contributed by atoms with Gasteiger partial charge in [-0.3, -0.25) is 0 Å². The van der Waals surface area contributed by atoms with Gasteiger partial charge in [-0.2, -0.15) is 5.10 Å². The molecular weight excluding hydrogens is 513 g/mol. The third kappa shape index (κ3) is 6.74. The Kier molecular flexibility index (Phi) is 8.37. The van der Waals surface area contributed by atoms with E-state index >= 15 is 0 Å². The van der Waals surface area contributed by atoms with Gasteiger partial charge in [0, 0.05) is 5.56 Å². The van der Waals surface area contributed by atoms with E-state index in [9.17, 15) is 13.2 Å². The van der Waals surface area contributed by atoms with Crippen LogP contribution in [0.2, 0.25) is 0 Å². The Balaban J connectivity index is 1.41. The number of halogens is 3. The number of aromatic nitrogens is 3. The highest BCUT2D eigenvalue weighted by molar-refractivity contribution is 7.79. The lowest BCUT2D eigenvalue weighted by Crippen LogP contribution is -2.33. The molecule has 4 aromatic rings. The fourth-order valence-electron chi connectivity index (χ4n) is 3.68. The zero-order chi connectivity index (χ0) is 27.1. The molecule has 11 heteroatoms. The minimum absolute atomic E-state index is 0.304. The van der Waals surface area contributed by atoms with E-state index in [1.807, 2.05) is 42.5 Å². The zero-order valence-electron chi connectivity index (χ0n) is 20.6. The molecule has 0 aliphatic carbocycles. The molecule has 0 bridgehead atoms. The van der Waals surface area contributed by atoms with E-state index in [0.29, 0.717) is 17.4 Å². The Bertz CT molecular complexity index is 1390. The predicted octanol–water partition coefficient (Wildman–Crippen LogP) is 6.65. The lowest BCUT2D eigenvalue weighted by atomic mass is 9.97. The van der Waals surface area contributed by atoms with Gasteiger partial charge in [-0.25, -0.2) is 20.2 Å². The molecule has 0 aliphatic rings. The first kappa shape index (κ1) is 26.8. The van der Waals surface area contributed by atoms with E-state index in [0.717, 1.165) is 23.2 Å². The summed E-state index contributed by atoms with van der Waals surface area (Å²) in [4.78, 5) is 4.31. The molecule has 0 aliphatic heterocycles. The number of ether oxygens (including phenoxy) is 1. The van der Waals surface area contributed by atoms with Crippen LogP contribution in [0.25, 0.3) is 17.1 Å². The summed E-state index contributed by atoms with van der Waals surface area (Å²) < 4.78 is 42.5. The van der Waals surface area contributed by atoms with Crippen molar-refractivity contribution in [3.63, 3.8) is 0 Å². The van der Waals surface area contributed by atoms with Crippen LogP contribution in [0.5, 0.6) is 5.75 Å². The van der Waals surface area contributed by atoms with Crippen LogP contribution in [-0.2, 0) is 0 Å². The van der Waals surface area contributed by atoms with Crippen LogP contribution in [0, 0.1) is 0 Å². The average molecular weight is 539 g/mol. The monoisotopic (exact) mass is 538 g/mol. The van der Waals surface area contributed by atoms with E-state index in [2.05, 4.69) is 45.4 Å². The lowest BCUT2D eigenvalue weighted by molar-refractivity contribution is -0.274. The maximum atomic E-state index is 12.4. The fourth-order valence-corrected chi connectivity index (χ4v) is 3.84. The number of nitrogens with zero attached hydrogens (tertiary/aromatic N) is 5. The molecule has 196 valence electrons. The van der Waals surface area contributed by atoms with Gasteiger partial charge in [0.25, 0.3) is 0 Å². The Hall–Kier alpha value is -4.25. The summed E-state index contributed by atoms with van der Waals surface area (Å²) in [6, 6.07) is 20.9. The summed E-state index contributed by atoms with van der Waals surface area (Å²) >= 11 is 5.20. The molecular formula is C27H25F3N6OS. The third-order valence-corrected chi connectivity index (χ3v) is 6.03. The standard InChI is InChI=1S/C27H25F3N6OS/c1-3-19(2)24-6-4-5-7-25(24)36(18-38)34-32-16-20-8-10-21(11-9-20)26-31-17-35(33-26)22-12-14-23(15-13-22)37-27(28,29)30/h4-19,34H,3H2,1-2H3/b32-16+. The molecule has 1 N–H and O–H groups in total. The highest BCUT2D eigenvalue weighted by Crippen LogP contribution is 2.28. The Morgan fingerprint density at radius 2 is 1.79 bits per heavy atom. The number of hydrazone groups is 1. The molecule has 1 unspecified atom stereocenters. The highest BCUT2D eigenvalue weighted by Gasteiger charge is 2.31. The van der Waals surface area contributed by atoms with Gasteiger partial charge in [0.05, 0.1) is 23.1 Å². The number of alkyl halides is 3. The van der Waals surface area contributed by atoms with Crippen LogP contribution in [-0.4, -0.2) is 32.8 Å². The molecule has 38 heavy (non-hydrogen) atoms. The number of thiocarbonyl (C=S) groups is 1. The summed E-state index contributed by atoms with van der Waals surface area (Å²) in [6.07, 6.45) is -0.561.